The minimum absolute atomic E-state index is 0.315. The first-order chi connectivity index (χ1) is 5.11. The van der Waals surface area contributed by atoms with Gasteiger partial charge in [0.1, 0.15) is 0 Å². The monoisotopic (exact) mass is 220 g/mol. The average molecular weight is 221 g/mol. The van der Waals surface area contributed by atoms with Crippen molar-refractivity contribution in [2.75, 3.05) is 7.11 Å². The molecule has 0 aromatic rings. The maximum atomic E-state index is 10.8. The molecule has 64 valence electrons. The summed E-state index contributed by atoms with van der Waals surface area (Å²) < 4.78 is 5.01. The van der Waals surface area contributed by atoms with Crippen molar-refractivity contribution in [2.24, 2.45) is 5.92 Å². The van der Waals surface area contributed by atoms with Crippen molar-refractivity contribution < 1.29 is 9.53 Å². The third-order valence-corrected chi connectivity index (χ3v) is 2.04. The molecule has 0 aliphatic heterocycles. The van der Waals surface area contributed by atoms with Gasteiger partial charge in [0.2, 0.25) is 0 Å². The first-order valence-corrected chi connectivity index (χ1v) is 4.36. The van der Waals surface area contributed by atoms with Crippen molar-refractivity contribution in [3.63, 3.8) is 0 Å². The summed E-state index contributed by atoms with van der Waals surface area (Å²) in [6.07, 6.45) is 2.87. The molecule has 0 unspecified atom stereocenters. The Kier molecular flexibility index (Phi) is 5.20. The molecule has 0 spiro atoms. The number of carbonyl (C=O) groups excluding carboxylic acids is 1. The lowest BCUT2D eigenvalue weighted by atomic mass is 10.1. The van der Waals surface area contributed by atoms with Crippen molar-refractivity contribution in [1.82, 2.24) is 0 Å². The molecular formula is C8H13BrO2. The summed E-state index contributed by atoms with van der Waals surface area (Å²) in [6.45, 7) is 4.11. The number of methoxy groups -OCH3 is 1. The van der Waals surface area contributed by atoms with Crippen LogP contribution < -0.4 is 0 Å². The highest BCUT2D eigenvalue weighted by Crippen LogP contribution is 2.13. The van der Waals surface area contributed by atoms with E-state index in [1.54, 1.807) is 0 Å². The zero-order valence-electron chi connectivity index (χ0n) is 7.06. The van der Waals surface area contributed by atoms with Gasteiger partial charge in [0.05, 0.1) is 11.6 Å². The van der Waals surface area contributed by atoms with Crippen LogP contribution in [-0.4, -0.2) is 13.1 Å². The lowest BCUT2D eigenvalue weighted by Crippen LogP contribution is -2.01. The van der Waals surface area contributed by atoms with Crippen LogP contribution in [0.3, 0.4) is 0 Å². The molecular weight excluding hydrogens is 208 g/mol. The minimum atomic E-state index is -0.315. The van der Waals surface area contributed by atoms with E-state index in [0.717, 1.165) is 6.42 Å². The van der Waals surface area contributed by atoms with Gasteiger partial charge in [0.15, 0.2) is 0 Å². The molecule has 11 heavy (non-hydrogen) atoms. The number of rotatable bonds is 3. The van der Waals surface area contributed by atoms with Gasteiger partial charge in [-0.2, -0.15) is 0 Å². The fraction of sp³-hybridized carbons (Fsp3) is 0.625. The van der Waals surface area contributed by atoms with Gasteiger partial charge in [0.25, 0.3) is 0 Å². The third-order valence-electron chi connectivity index (χ3n) is 1.46. The van der Waals surface area contributed by atoms with Crippen LogP contribution in [-0.2, 0) is 9.53 Å². The topological polar surface area (TPSA) is 26.3 Å². The zero-order chi connectivity index (χ0) is 8.85. The Hall–Kier alpha value is -0.310. The molecule has 0 amide bonds. The first kappa shape index (κ1) is 10.7. The fourth-order valence-electron chi connectivity index (χ4n) is 0.533. The van der Waals surface area contributed by atoms with E-state index in [0.29, 0.717) is 10.4 Å². The van der Waals surface area contributed by atoms with Crippen LogP contribution in [0.1, 0.15) is 20.3 Å². The highest BCUT2D eigenvalue weighted by Gasteiger charge is 2.05. The predicted molar refractivity (Wildman–Crippen MR) is 48.5 cm³/mol. The quantitative estimate of drug-likeness (QED) is 0.540. The minimum Gasteiger partial charge on any atom is -0.465 e. The van der Waals surface area contributed by atoms with Gasteiger partial charge >= 0.3 is 5.97 Å². The molecule has 0 bridgehead atoms. The summed E-state index contributed by atoms with van der Waals surface area (Å²) >= 11 is 3.13. The molecule has 0 fully saturated rings. The zero-order valence-corrected chi connectivity index (χ0v) is 8.64. The van der Waals surface area contributed by atoms with Crippen molar-refractivity contribution in [2.45, 2.75) is 20.3 Å². The highest BCUT2D eigenvalue weighted by atomic mass is 79.9. The summed E-state index contributed by atoms with van der Waals surface area (Å²) in [7, 11) is 1.37. The van der Waals surface area contributed by atoms with Gasteiger partial charge in [-0.1, -0.05) is 26.3 Å². The van der Waals surface area contributed by atoms with E-state index in [2.05, 4.69) is 27.6 Å². The summed E-state index contributed by atoms with van der Waals surface area (Å²) in [5.74, 6) is 0.0915. The Morgan fingerprint density at radius 1 is 1.73 bits per heavy atom. The van der Waals surface area contributed by atoms with E-state index in [9.17, 15) is 4.79 Å². The number of hydrogen-bond acceptors (Lipinski definition) is 2. The van der Waals surface area contributed by atoms with Crippen molar-refractivity contribution >= 4 is 21.9 Å². The van der Waals surface area contributed by atoms with Gasteiger partial charge in [-0.15, -0.1) is 0 Å². The molecule has 0 saturated carbocycles. The van der Waals surface area contributed by atoms with Crippen LogP contribution in [0.2, 0.25) is 0 Å². The molecule has 0 rings (SSSR count). The van der Waals surface area contributed by atoms with Crippen molar-refractivity contribution in [3.8, 4) is 0 Å². The van der Waals surface area contributed by atoms with Gasteiger partial charge in [-0.05, 0) is 21.8 Å². The van der Waals surface area contributed by atoms with Gasteiger partial charge < -0.3 is 4.74 Å². The maximum absolute atomic E-state index is 10.8. The maximum Gasteiger partial charge on any atom is 0.344 e. The number of halogens is 1. The molecule has 3 heteroatoms. The molecule has 0 aromatic carbocycles. The Morgan fingerprint density at radius 3 is 2.64 bits per heavy atom. The average Bonchev–Trinajstić information content (AvgIpc) is 2.02. The Balaban J connectivity index is 4.09. The second kappa shape index (κ2) is 5.35. The number of esters is 1. The number of hydrogen-bond donors (Lipinski definition) is 0. The smallest absolute Gasteiger partial charge is 0.344 e. The molecule has 0 heterocycles. The lowest BCUT2D eigenvalue weighted by Gasteiger charge is -2.01. The van der Waals surface area contributed by atoms with Crippen LogP contribution in [0.4, 0.5) is 0 Å². The Bertz CT molecular complexity index is 163. The highest BCUT2D eigenvalue weighted by molar-refractivity contribution is 9.12. The van der Waals surface area contributed by atoms with E-state index < -0.39 is 0 Å². The largest absolute Gasteiger partial charge is 0.465 e. The molecule has 0 N–H and O–H groups in total. The van der Waals surface area contributed by atoms with Crippen LogP contribution in [0.25, 0.3) is 0 Å². The molecule has 0 aromatic heterocycles. The van der Waals surface area contributed by atoms with E-state index in [1.165, 1.54) is 7.11 Å². The fourth-order valence-corrected chi connectivity index (χ4v) is 1.15. The summed E-state index contributed by atoms with van der Waals surface area (Å²) in [5.41, 5.74) is 0. The molecule has 0 aliphatic rings. The van der Waals surface area contributed by atoms with Gasteiger partial charge in [-0.25, -0.2) is 4.79 Å². The normalized spacial score (nSPS) is 14.4. The summed E-state index contributed by atoms with van der Waals surface area (Å²) in [5, 5.41) is 0. The summed E-state index contributed by atoms with van der Waals surface area (Å²) in [4.78, 5) is 10.8. The van der Waals surface area contributed by atoms with Crippen LogP contribution >= 0.6 is 15.9 Å². The molecule has 2 nitrogen and oxygen atoms in total. The van der Waals surface area contributed by atoms with Gasteiger partial charge in [-0.3, -0.25) is 0 Å². The number of carbonyl (C=O) groups is 1. The Morgan fingerprint density at radius 2 is 2.27 bits per heavy atom. The van der Waals surface area contributed by atoms with E-state index in [-0.39, 0.29) is 5.97 Å². The predicted octanol–water partition coefficient (Wildman–Crippen LogP) is 2.48. The second-order valence-electron chi connectivity index (χ2n) is 2.39. The van der Waals surface area contributed by atoms with Crippen LogP contribution in [0.15, 0.2) is 10.6 Å². The molecule has 1 atom stereocenters. The van der Waals surface area contributed by atoms with E-state index in [1.807, 2.05) is 13.0 Å². The van der Waals surface area contributed by atoms with Crippen LogP contribution in [0, 0.1) is 5.92 Å². The summed E-state index contributed by atoms with van der Waals surface area (Å²) in [6, 6.07) is 0. The second-order valence-corrected chi connectivity index (χ2v) is 3.25. The lowest BCUT2D eigenvalue weighted by molar-refractivity contribution is -0.135. The molecule has 0 radical (unpaired) electrons. The van der Waals surface area contributed by atoms with Crippen molar-refractivity contribution in [1.29, 1.82) is 0 Å². The molecule has 0 aliphatic carbocycles. The van der Waals surface area contributed by atoms with E-state index >= 15 is 0 Å². The first-order valence-electron chi connectivity index (χ1n) is 3.57. The standard InChI is InChI=1S/C8H13BrO2/c1-4-6(2)5-7(9)8(10)11-3/h5-6H,4H2,1-3H3/b7-5-/t6-/m0/s1. The van der Waals surface area contributed by atoms with Crippen LogP contribution in [0.5, 0.6) is 0 Å². The SMILES string of the molecule is CC[C@H](C)/C=C(\Br)C(=O)OC. The van der Waals surface area contributed by atoms with E-state index in [4.69, 9.17) is 0 Å². The number of ether oxygens (including phenoxy) is 1. The molecule has 0 saturated heterocycles. The Labute approximate surface area is 75.7 Å². The van der Waals surface area contributed by atoms with Crippen molar-refractivity contribution in [3.05, 3.63) is 10.6 Å². The third kappa shape index (κ3) is 4.19. The number of allylic oxidation sites excluding steroid dienone is 1. The van der Waals surface area contributed by atoms with Gasteiger partial charge in [0, 0.05) is 0 Å².